The highest BCUT2D eigenvalue weighted by molar-refractivity contribution is 5.70. The molecule has 1 aliphatic rings. The van der Waals surface area contributed by atoms with Crippen LogP contribution in [-0.2, 0) is 10.3 Å². The summed E-state index contributed by atoms with van der Waals surface area (Å²) >= 11 is 0. The van der Waals surface area contributed by atoms with Gasteiger partial charge in [0.1, 0.15) is 17.2 Å². The highest BCUT2D eigenvalue weighted by Crippen LogP contribution is 2.39. The molecule has 0 aromatic heterocycles. The number of ether oxygens (including phenoxy) is 1. The average Bonchev–Trinajstić information content (AvgIpc) is 2.80. The molecular weight excluding hydrogens is 412 g/mol. The van der Waals surface area contributed by atoms with Crippen molar-refractivity contribution in [1.29, 1.82) is 0 Å². The molecule has 0 aliphatic carbocycles. The molecule has 0 bridgehead atoms. The molecule has 1 amide bonds. The number of benzene rings is 3. The van der Waals surface area contributed by atoms with Crippen molar-refractivity contribution in [1.82, 2.24) is 4.90 Å². The second-order valence-electron chi connectivity index (χ2n) is 8.09. The molecule has 0 saturated carbocycles. The lowest BCUT2D eigenvalue weighted by molar-refractivity contribution is -0.0718. The van der Waals surface area contributed by atoms with Gasteiger partial charge in [0, 0.05) is 26.0 Å². The number of hydrogen-bond acceptors (Lipinski definition) is 3. The van der Waals surface area contributed by atoms with E-state index < -0.39 is 11.7 Å². The van der Waals surface area contributed by atoms with Crippen LogP contribution in [0.1, 0.15) is 36.9 Å². The maximum atomic E-state index is 13.4. The molecule has 1 fully saturated rings. The summed E-state index contributed by atoms with van der Waals surface area (Å²) < 4.78 is 32.4. The zero-order valence-electron chi connectivity index (χ0n) is 17.8. The lowest BCUT2D eigenvalue weighted by Crippen LogP contribution is -2.49. The summed E-state index contributed by atoms with van der Waals surface area (Å²) in [5.74, 6) is -0.644. The van der Waals surface area contributed by atoms with E-state index in [2.05, 4.69) is 0 Å². The van der Waals surface area contributed by atoms with Gasteiger partial charge in [-0.25, -0.2) is 13.6 Å². The van der Waals surface area contributed by atoms with Gasteiger partial charge in [-0.2, -0.15) is 0 Å². The number of hydrogen-bond donors (Lipinski definition) is 1. The van der Waals surface area contributed by atoms with Crippen LogP contribution in [0.5, 0.6) is 0 Å². The van der Waals surface area contributed by atoms with Crippen LogP contribution in [-0.4, -0.2) is 29.3 Å². The van der Waals surface area contributed by atoms with E-state index in [0.717, 1.165) is 16.7 Å². The van der Waals surface area contributed by atoms with Gasteiger partial charge < -0.3 is 14.7 Å². The summed E-state index contributed by atoms with van der Waals surface area (Å²) in [4.78, 5) is 14.6. The van der Waals surface area contributed by atoms with Gasteiger partial charge >= 0.3 is 6.09 Å². The Bertz CT molecular complexity index is 1070. The first-order valence-electron chi connectivity index (χ1n) is 10.6. The molecule has 1 N–H and O–H groups in total. The maximum Gasteiger partial charge on any atom is 0.411 e. The number of aliphatic hydroxyl groups is 1. The molecule has 0 spiro atoms. The Morgan fingerprint density at radius 2 is 1.47 bits per heavy atom. The number of carbonyl (C=O) groups is 1. The third-order valence-corrected chi connectivity index (χ3v) is 6.20. The van der Waals surface area contributed by atoms with Crippen LogP contribution < -0.4 is 0 Å². The maximum absolute atomic E-state index is 13.4. The van der Waals surface area contributed by atoms with E-state index in [1.807, 2.05) is 31.2 Å². The molecule has 3 aromatic rings. The number of carbonyl (C=O) groups excluding carboxylic acids is 1. The van der Waals surface area contributed by atoms with Crippen LogP contribution in [0, 0.1) is 11.6 Å². The van der Waals surface area contributed by atoms with Gasteiger partial charge in [0.2, 0.25) is 0 Å². The van der Waals surface area contributed by atoms with E-state index in [-0.39, 0.29) is 30.7 Å². The topological polar surface area (TPSA) is 49.8 Å². The lowest BCUT2D eigenvalue weighted by Gasteiger charge is -2.43. The van der Waals surface area contributed by atoms with Crippen molar-refractivity contribution < 1.29 is 23.4 Å². The quantitative estimate of drug-likeness (QED) is 0.529. The second-order valence-corrected chi connectivity index (χ2v) is 8.09. The minimum Gasteiger partial charge on any atom is -0.438 e. The van der Waals surface area contributed by atoms with Crippen LogP contribution in [0.15, 0.2) is 72.8 Å². The van der Waals surface area contributed by atoms with Crippen LogP contribution in [0.2, 0.25) is 0 Å². The van der Waals surface area contributed by atoms with Crippen LogP contribution >= 0.6 is 0 Å². The Morgan fingerprint density at radius 1 is 0.938 bits per heavy atom. The van der Waals surface area contributed by atoms with E-state index in [4.69, 9.17) is 4.74 Å². The van der Waals surface area contributed by atoms with Crippen molar-refractivity contribution in [2.45, 2.75) is 31.4 Å². The third-order valence-electron chi connectivity index (χ3n) is 6.20. The summed E-state index contributed by atoms with van der Waals surface area (Å²) in [5.41, 5.74) is 2.53. The first-order valence-corrected chi connectivity index (χ1v) is 10.6. The number of cyclic esters (lactones) is 1. The Balaban J connectivity index is 1.50. The van der Waals surface area contributed by atoms with E-state index in [9.17, 15) is 18.7 Å². The van der Waals surface area contributed by atoms with Gasteiger partial charge in [-0.15, -0.1) is 0 Å². The summed E-state index contributed by atoms with van der Waals surface area (Å²) in [6.45, 7) is 2.23. The van der Waals surface area contributed by atoms with Gasteiger partial charge in [-0.3, -0.25) is 0 Å². The fraction of sp³-hybridized carbons (Fsp3) is 0.269. The van der Waals surface area contributed by atoms with E-state index in [1.54, 1.807) is 29.2 Å². The molecule has 6 heteroatoms. The molecule has 2 atom stereocenters. The average molecular weight is 437 g/mol. The highest BCUT2D eigenvalue weighted by atomic mass is 19.1. The van der Waals surface area contributed by atoms with Crippen molar-refractivity contribution in [3.63, 3.8) is 0 Å². The Morgan fingerprint density at radius 3 is 2.00 bits per heavy atom. The number of rotatable bonds is 6. The summed E-state index contributed by atoms with van der Waals surface area (Å²) in [7, 11) is 0. The Labute approximate surface area is 186 Å². The van der Waals surface area contributed by atoms with E-state index in [1.165, 1.54) is 24.3 Å². The predicted octanol–water partition coefficient (Wildman–Crippen LogP) is 5.81. The smallest absolute Gasteiger partial charge is 0.411 e. The van der Waals surface area contributed by atoms with Gasteiger partial charge in [0.15, 0.2) is 0 Å². The molecular formula is C26H25F2NO3. The third kappa shape index (κ3) is 4.36. The predicted molar refractivity (Wildman–Crippen MR) is 118 cm³/mol. The lowest BCUT2D eigenvalue weighted by atomic mass is 9.85. The number of halogens is 2. The Kier molecular flexibility index (Phi) is 6.24. The molecule has 0 unspecified atom stereocenters. The molecule has 1 saturated heterocycles. The van der Waals surface area contributed by atoms with Crippen molar-refractivity contribution in [3.8, 4) is 11.1 Å². The summed E-state index contributed by atoms with van der Waals surface area (Å²) in [6, 6.07) is 19.8. The van der Waals surface area contributed by atoms with Crippen molar-refractivity contribution >= 4 is 6.09 Å². The van der Waals surface area contributed by atoms with E-state index >= 15 is 0 Å². The van der Waals surface area contributed by atoms with Crippen LogP contribution in [0.4, 0.5) is 13.6 Å². The van der Waals surface area contributed by atoms with Gasteiger partial charge in [-0.1, -0.05) is 48.5 Å². The summed E-state index contributed by atoms with van der Waals surface area (Å²) in [5, 5.41) is 9.57. The highest BCUT2D eigenvalue weighted by Gasteiger charge is 2.43. The molecule has 32 heavy (non-hydrogen) atoms. The minimum atomic E-state index is -0.970. The normalized spacial score (nSPS) is 19.5. The SMILES string of the molecule is C[C@@H](c1ccc(-c2ccc(F)cc2)cc1)N1CC[C@@](CCO)(c2ccc(F)cc2)OC1=O. The fourth-order valence-corrected chi connectivity index (χ4v) is 4.26. The zero-order chi connectivity index (χ0) is 22.7. The summed E-state index contributed by atoms with van der Waals surface area (Å²) in [6.07, 6.45) is 0.270. The van der Waals surface area contributed by atoms with Gasteiger partial charge in [-0.05, 0) is 53.4 Å². The Hall–Kier alpha value is -3.25. The van der Waals surface area contributed by atoms with Crippen LogP contribution in [0.25, 0.3) is 11.1 Å². The monoisotopic (exact) mass is 437 g/mol. The minimum absolute atomic E-state index is 0.148. The molecule has 3 aromatic carbocycles. The number of aliphatic hydroxyl groups excluding tert-OH is 1. The molecule has 4 nitrogen and oxygen atoms in total. The molecule has 1 heterocycles. The van der Waals surface area contributed by atoms with Crippen molar-refractivity contribution in [2.24, 2.45) is 0 Å². The first kappa shape index (κ1) is 22.0. The zero-order valence-corrected chi connectivity index (χ0v) is 17.8. The fourth-order valence-electron chi connectivity index (χ4n) is 4.26. The number of nitrogens with zero attached hydrogens (tertiary/aromatic N) is 1. The second kappa shape index (κ2) is 9.09. The number of amides is 1. The van der Waals surface area contributed by atoms with Gasteiger partial charge in [0.05, 0.1) is 6.04 Å². The van der Waals surface area contributed by atoms with Crippen molar-refractivity contribution in [2.75, 3.05) is 13.2 Å². The molecule has 4 rings (SSSR count). The largest absolute Gasteiger partial charge is 0.438 e. The van der Waals surface area contributed by atoms with Gasteiger partial charge in [0.25, 0.3) is 0 Å². The van der Waals surface area contributed by atoms with Crippen molar-refractivity contribution in [3.05, 3.63) is 95.6 Å². The van der Waals surface area contributed by atoms with E-state index in [0.29, 0.717) is 18.5 Å². The van der Waals surface area contributed by atoms with Crippen LogP contribution in [0.3, 0.4) is 0 Å². The molecule has 1 aliphatic heterocycles. The standard InChI is InChI=1S/C26H25F2NO3/c1-18(19-2-4-20(5-3-19)21-6-10-23(27)11-7-21)29-16-14-26(15-17-30,32-25(29)31)22-8-12-24(28)13-9-22/h2-13,18,30H,14-17H2,1H3/t18-,26+/m0/s1. The molecule has 166 valence electrons. The first-order chi connectivity index (χ1) is 15.4. The molecule has 0 radical (unpaired) electrons.